The Morgan fingerprint density at radius 3 is 2.27 bits per heavy atom. The smallest absolute Gasteiger partial charge is 0.508 e. The van der Waals surface area contributed by atoms with Crippen molar-refractivity contribution in [2.24, 2.45) is 11.8 Å². The lowest BCUT2D eigenvalue weighted by Gasteiger charge is -2.22. The van der Waals surface area contributed by atoms with Crippen LogP contribution in [0.1, 0.15) is 63.7 Å². The lowest BCUT2D eigenvalue weighted by atomic mass is 10.1. The van der Waals surface area contributed by atoms with Crippen LogP contribution < -0.4 is 26.5 Å². The van der Waals surface area contributed by atoms with Gasteiger partial charge >= 0.3 is 7.82 Å². The molecule has 1 heterocycles. The number of hydrogen-bond donors (Lipinski definition) is 5. The molecule has 7 N–H and O–H groups in total. The molecular weight excluding hydrogens is 535 g/mol. The Morgan fingerprint density at radius 2 is 1.62 bits per heavy atom. The van der Waals surface area contributed by atoms with Crippen LogP contribution >= 0.6 is 7.82 Å². The first-order valence-corrected chi connectivity index (χ1v) is 14.2. The Labute approximate surface area is 234 Å². The van der Waals surface area contributed by atoms with Crippen LogP contribution in [0.4, 0.5) is 17.1 Å². The number of nitrogens with one attached hydrogen (secondary N) is 1. The molecule has 0 aromatic heterocycles. The number of para-hydroxylation sites is 1. The van der Waals surface area contributed by atoms with Gasteiger partial charge in [-0.1, -0.05) is 41.0 Å². The summed E-state index contributed by atoms with van der Waals surface area (Å²) in [4.78, 5) is 15.2. The van der Waals surface area contributed by atoms with Crippen molar-refractivity contribution in [1.29, 1.82) is 0 Å². The molecule has 0 spiro atoms. The summed E-state index contributed by atoms with van der Waals surface area (Å²) in [6, 6.07) is 6.93. The summed E-state index contributed by atoms with van der Waals surface area (Å²) in [6.07, 6.45) is 10.1. The van der Waals surface area contributed by atoms with E-state index in [2.05, 4.69) is 47.5 Å². The second-order valence-corrected chi connectivity index (χ2v) is 11.3. The van der Waals surface area contributed by atoms with Gasteiger partial charge in [0, 0.05) is 18.7 Å². The molecule has 0 fully saturated rings. The van der Waals surface area contributed by atoms with Gasteiger partial charge in [0.2, 0.25) is 0 Å². The fourth-order valence-electron chi connectivity index (χ4n) is 4.19. The maximum Gasteiger partial charge on any atom is 0.563 e. The number of aromatic hydroxyl groups is 2. The van der Waals surface area contributed by atoms with Crippen molar-refractivity contribution >= 4 is 30.8 Å². The van der Waals surface area contributed by atoms with Gasteiger partial charge in [0.05, 0.1) is 16.9 Å². The topological polar surface area (TPSA) is 170 Å². The molecule has 0 aliphatic carbocycles. The minimum absolute atomic E-state index is 0.0704. The number of nitrogens with zero attached hydrogens (tertiary/aromatic N) is 1. The predicted molar refractivity (Wildman–Crippen MR) is 155 cm³/mol. The fourth-order valence-corrected chi connectivity index (χ4v) is 4.72. The molecule has 3 rings (SSSR count). The quantitative estimate of drug-likeness (QED) is 0.0623. The van der Waals surface area contributed by atoms with Crippen molar-refractivity contribution in [3.8, 4) is 17.2 Å². The number of phosphoric acid groups is 1. The highest BCUT2D eigenvalue weighted by molar-refractivity contribution is 7.48. The van der Waals surface area contributed by atoms with Crippen LogP contribution in [0.2, 0.25) is 0 Å². The van der Waals surface area contributed by atoms with E-state index < -0.39 is 13.7 Å². The van der Waals surface area contributed by atoms with E-state index in [0.29, 0.717) is 0 Å². The van der Waals surface area contributed by atoms with Gasteiger partial charge in [-0.05, 0) is 65.5 Å². The van der Waals surface area contributed by atoms with Gasteiger partial charge in [0.15, 0.2) is 5.75 Å². The molecule has 40 heavy (non-hydrogen) atoms. The summed E-state index contributed by atoms with van der Waals surface area (Å²) < 4.78 is 26.3. The maximum atomic E-state index is 13.8. The van der Waals surface area contributed by atoms with E-state index in [0.717, 1.165) is 37.3 Å². The Morgan fingerprint density at radius 1 is 0.975 bits per heavy atom. The number of anilines is 3. The number of carbonyl (C=O) groups is 1. The molecule has 2 aromatic rings. The van der Waals surface area contributed by atoms with Crippen LogP contribution in [0, 0.1) is 0 Å². The largest absolute Gasteiger partial charge is 0.563 e. The van der Waals surface area contributed by atoms with Crippen molar-refractivity contribution < 1.29 is 33.3 Å². The van der Waals surface area contributed by atoms with Gasteiger partial charge in [-0.15, -0.1) is 0 Å². The average molecular weight is 573 g/mol. The van der Waals surface area contributed by atoms with Gasteiger partial charge in [-0.2, -0.15) is 9.25 Å². The first-order valence-electron chi connectivity index (χ1n) is 12.8. The molecule has 0 bridgehead atoms. The molecule has 1 aliphatic rings. The third-order valence-electron chi connectivity index (χ3n) is 6.34. The molecular formula is C28H37N4O7P. The number of rotatable bonds is 12. The summed E-state index contributed by atoms with van der Waals surface area (Å²) in [6.45, 7) is 8.47. The number of benzene rings is 2. The van der Waals surface area contributed by atoms with Crippen LogP contribution in [0.25, 0.3) is 0 Å². The number of hydrogen-bond acceptors (Lipinski definition) is 10. The van der Waals surface area contributed by atoms with E-state index in [1.807, 2.05) is 13.0 Å². The Bertz CT molecular complexity index is 1370. The SMILES string of the molecule is CC(C)=CCC/C(C)=C/CC/C(C)=C/CN1C(=O)c2cccc(OP(=O)(ON)ON)c2Nc2c(O)cc(O)cc21. The van der Waals surface area contributed by atoms with Crippen molar-refractivity contribution in [2.45, 2.75) is 53.4 Å². The molecule has 0 saturated heterocycles. The molecule has 1 amide bonds. The van der Waals surface area contributed by atoms with E-state index in [9.17, 15) is 19.6 Å². The van der Waals surface area contributed by atoms with Crippen LogP contribution in [-0.2, 0) is 13.8 Å². The molecule has 11 nitrogen and oxygen atoms in total. The third-order valence-corrected chi connectivity index (χ3v) is 7.27. The summed E-state index contributed by atoms with van der Waals surface area (Å²) >= 11 is 0. The first-order chi connectivity index (χ1) is 19.0. The van der Waals surface area contributed by atoms with Crippen LogP contribution in [0.5, 0.6) is 17.2 Å². The lowest BCUT2D eigenvalue weighted by Crippen LogP contribution is -2.30. The Balaban J connectivity index is 1.90. The van der Waals surface area contributed by atoms with E-state index in [1.54, 1.807) is 0 Å². The number of phenolic OH excluding ortho intramolecular Hbond substituents is 2. The van der Waals surface area contributed by atoms with Crippen molar-refractivity contribution in [1.82, 2.24) is 0 Å². The second-order valence-electron chi connectivity index (χ2n) is 9.79. The minimum atomic E-state index is -4.39. The monoisotopic (exact) mass is 572 g/mol. The number of allylic oxidation sites excluding steroid dienone is 5. The number of nitrogens with two attached hydrogens (primary N) is 2. The van der Waals surface area contributed by atoms with Crippen molar-refractivity contribution in [3.05, 3.63) is 70.8 Å². The van der Waals surface area contributed by atoms with E-state index in [4.69, 9.17) is 16.3 Å². The minimum Gasteiger partial charge on any atom is -0.508 e. The molecule has 12 heteroatoms. The second kappa shape index (κ2) is 13.6. The summed E-state index contributed by atoms with van der Waals surface area (Å²) in [7, 11) is -4.39. The summed E-state index contributed by atoms with van der Waals surface area (Å²) in [5.41, 5.74) is 4.28. The molecule has 0 atom stereocenters. The molecule has 0 radical (unpaired) electrons. The first kappa shape index (κ1) is 30.9. The zero-order valence-electron chi connectivity index (χ0n) is 23.1. The van der Waals surface area contributed by atoms with Gasteiger partial charge in [0.25, 0.3) is 5.91 Å². The molecule has 216 valence electrons. The van der Waals surface area contributed by atoms with E-state index in [1.165, 1.54) is 40.3 Å². The van der Waals surface area contributed by atoms with Crippen LogP contribution in [-0.4, -0.2) is 22.7 Å². The van der Waals surface area contributed by atoms with Gasteiger partial charge in [-0.25, -0.2) is 16.4 Å². The fraction of sp³-hybridized carbons (Fsp3) is 0.321. The molecule has 0 saturated carbocycles. The summed E-state index contributed by atoms with van der Waals surface area (Å²) in [5.74, 6) is 8.90. The van der Waals surface area contributed by atoms with Crippen LogP contribution in [0.3, 0.4) is 0 Å². The summed E-state index contributed by atoms with van der Waals surface area (Å²) in [5, 5.41) is 23.9. The van der Waals surface area contributed by atoms with Crippen molar-refractivity contribution in [3.63, 3.8) is 0 Å². The molecule has 1 aliphatic heterocycles. The number of phenols is 2. The normalized spacial score (nSPS) is 13.8. The number of carbonyl (C=O) groups excluding carboxylic acids is 1. The molecule has 2 aromatic carbocycles. The van der Waals surface area contributed by atoms with Gasteiger partial charge in [0.1, 0.15) is 17.2 Å². The van der Waals surface area contributed by atoms with Crippen molar-refractivity contribution in [2.75, 3.05) is 16.8 Å². The van der Waals surface area contributed by atoms with E-state index in [-0.39, 0.29) is 46.4 Å². The lowest BCUT2D eigenvalue weighted by molar-refractivity contribution is 0.0990. The third kappa shape index (κ3) is 7.74. The van der Waals surface area contributed by atoms with Gasteiger partial charge < -0.3 is 25.0 Å². The standard InChI is InChI=1S/C28H37N4O7P/c1-18(2)8-5-9-19(3)10-6-11-20(4)14-15-32-23-16-21(33)17-24(34)27(23)31-26-22(28(32)35)12-7-13-25(26)37-40(36,38-29)39-30/h7-8,10,12-14,16-17,31,33-34H,5-6,9,11,15,29-30H2,1-4H3/b19-10+,20-14+. The molecule has 0 unspecified atom stereocenters. The predicted octanol–water partition coefficient (Wildman–Crippen LogP) is 6.49. The highest BCUT2D eigenvalue weighted by Gasteiger charge is 2.34. The number of amides is 1. The zero-order chi connectivity index (χ0) is 29.4. The maximum absolute atomic E-state index is 13.8. The van der Waals surface area contributed by atoms with Crippen LogP contribution in [0.15, 0.2) is 65.3 Å². The Hall–Kier alpha value is -3.60. The number of fused-ring (bicyclic) bond motifs is 2. The van der Waals surface area contributed by atoms with E-state index >= 15 is 0 Å². The highest BCUT2D eigenvalue weighted by atomic mass is 31.2. The highest BCUT2D eigenvalue weighted by Crippen LogP contribution is 2.51. The average Bonchev–Trinajstić information content (AvgIpc) is 3.02. The van der Waals surface area contributed by atoms with Gasteiger partial charge in [-0.3, -0.25) is 4.79 Å². The Kier molecular flexibility index (Phi) is 10.6. The zero-order valence-corrected chi connectivity index (χ0v) is 24.0.